The fourth-order valence-electron chi connectivity index (χ4n) is 4.49. The van der Waals surface area contributed by atoms with Crippen molar-refractivity contribution in [3.63, 3.8) is 0 Å². The molecule has 10 heteroatoms. The lowest BCUT2D eigenvalue weighted by atomic mass is 9.95. The van der Waals surface area contributed by atoms with Crippen molar-refractivity contribution in [3.8, 4) is 0 Å². The molecule has 0 aromatic carbocycles. The number of likely N-dealkylation sites (tertiary alicyclic amines) is 1. The van der Waals surface area contributed by atoms with E-state index in [1.807, 2.05) is 0 Å². The first kappa shape index (κ1) is 22.7. The molecular formula is C22H33N5O5. The van der Waals surface area contributed by atoms with Gasteiger partial charge in [-0.25, -0.2) is 0 Å². The van der Waals surface area contributed by atoms with E-state index in [1.165, 1.54) is 15.6 Å². The van der Waals surface area contributed by atoms with Gasteiger partial charge < -0.3 is 24.6 Å². The van der Waals surface area contributed by atoms with Gasteiger partial charge in [-0.1, -0.05) is 13.8 Å². The van der Waals surface area contributed by atoms with E-state index in [0.717, 1.165) is 6.42 Å². The molecule has 1 aromatic heterocycles. The summed E-state index contributed by atoms with van der Waals surface area (Å²) in [5, 5.41) is 7.36. The minimum Gasteiger partial charge on any atom is -0.354 e. The average molecular weight is 448 g/mol. The van der Waals surface area contributed by atoms with Gasteiger partial charge in [0, 0.05) is 45.6 Å². The molecule has 4 rings (SSSR count). The summed E-state index contributed by atoms with van der Waals surface area (Å²) >= 11 is 0. The van der Waals surface area contributed by atoms with Crippen LogP contribution in [0.4, 0.5) is 0 Å². The number of nitrogens with zero attached hydrogens (tertiary/aromatic N) is 4. The van der Waals surface area contributed by atoms with Crippen molar-refractivity contribution in [1.29, 1.82) is 0 Å². The monoisotopic (exact) mass is 447 g/mol. The Hall–Kier alpha value is -2.46. The molecule has 1 spiro atoms. The van der Waals surface area contributed by atoms with E-state index in [2.05, 4.69) is 24.3 Å². The van der Waals surface area contributed by atoms with Crippen molar-refractivity contribution in [2.24, 2.45) is 5.92 Å². The number of rotatable bonds is 5. The van der Waals surface area contributed by atoms with Crippen molar-refractivity contribution in [2.75, 3.05) is 39.9 Å². The first-order valence-electron chi connectivity index (χ1n) is 11.4. The SMILES string of the molecule is CC(C)CCNC(=O)C1(C)Cn2nc(C(=O)N3CCC4(CC3)OCCO4)cc2C(=O)N1C. The number of carbonyl (C=O) groups excluding carboxylic acids is 3. The molecule has 10 nitrogen and oxygen atoms in total. The van der Waals surface area contributed by atoms with E-state index in [0.29, 0.717) is 57.3 Å². The molecule has 1 aromatic rings. The number of aromatic nitrogens is 2. The maximum absolute atomic E-state index is 13.1. The van der Waals surface area contributed by atoms with Crippen molar-refractivity contribution >= 4 is 17.7 Å². The lowest BCUT2D eigenvalue weighted by molar-refractivity contribution is -0.181. The van der Waals surface area contributed by atoms with Crippen LogP contribution in [0.3, 0.4) is 0 Å². The van der Waals surface area contributed by atoms with Gasteiger partial charge in [0.25, 0.3) is 11.8 Å². The van der Waals surface area contributed by atoms with Crippen LogP contribution in [0.15, 0.2) is 6.07 Å². The fraction of sp³-hybridized carbons (Fsp3) is 0.727. The van der Waals surface area contributed by atoms with Crippen LogP contribution in [0.1, 0.15) is 61.0 Å². The van der Waals surface area contributed by atoms with Gasteiger partial charge in [-0.05, 0) is 19.3 Å². The molecule has 3 aliphatic heterocycles. The molecule has 0 aliphatic carbocycles. The summed E-state index contributed by atoms with van der Waals surface area (Å²) in [6.45, 7) is 8.83. The summed E-state index contributed by atoms with van der Waals surface area (Å²) in [5.74, 6) is -0.862. The van der Waals surface area contributed by atoms with Gasteiger partial charge in [0.15, 0.2) is 11.5 Å². The minimum absolute atomic E-state index is 0.191. The van der Waals surface area contributed by atoms with Gasteiger partial charge in [-0.3, -0.25) is 19.1 Å². The smallest absolute Gasteiger partial charge is 0.274 e. The topological polar surface area (TPSA) is 106 Å². The Balaban J connectivity index is 1.46. The van der Waals surface area contributed by atoms with Crippen LogP contribution in [-0.2, 0) is 20.8 Å². The summed E-state index contributed by atoms with van der Waals surface area (Å²) in [5.41, 5.74) is -0.545. The number of fused-ring (bicyclic) bond motifs is 1. The highest BCUT2D eigenvalue weighted by Gasteiger charge is 2.47. The Labute approximate surface area is 188 Å². The Morgan fingerprint density at radius 3 is 2.50 bits per heavy atom. The van der Waals surface area contributed by atoms with Crippen LogP contribution in [-0.4, -0.2) is 88.5 Å². The third-order valence-corrected chi connectivity index (χ3v) is 6.84. The summed E-state index contributed by atoms with van der Waals surface area (Å²) in [6, 6.07) is 1.53. The molecule has 3 amide bonds. The molecule has 1 unspecified atom stereocenters. The van der Waals surface area contributed by atoms with Gasteiger partial charge >= 0.3 is 0 Å². The number of ether oxygens (including phenoxy) is 2. The first-order chi connectivity index (χ1) is 15.2. The highest BCUT2D eigenvalue weighted by atomic mass is 16.7. The Morgan fingerprint density at radius 1 is 1.22 bits per heavy atom. The van der Waals surface area contributed by atoms with E-state index in [4.69, 9.17) is 9.47 Å². The number of likely N-dealkylation sites (N-methyl/N-ethyl adjacent to an activating group) is 1. The number of carbonyl (C=O) groups is 3. The zero-order valence-electron chi connectivity index (χ0n) is 19.3. The maximum Gasteiger partial charge on any atom is 0.274 e. The zero-order chi connectivity index (χ0) is 23.1. The van der Waals surface area contributed by atoms with Crippen LogP contribution in [0.5, 0.6) is 0 Å². The quantitative estimate of drug-likeness (QED) is 0.718. The first-order valence-corrected chi connectivity index (χ1v) is 11.4. The lowest BCUT2D eigenvalue weighted by Gasteiger charge is -2.40. The molecule has 2 saturated heterocycles. The summed E-state index contributed by atoms with van der Waals surface area (Å²) < 4.78 is 12.9. The number of hydrogen-bond donors (Lipinski definition) is 1. The molecule has 176 valence electrons. The predicted molar refractivity (Wildman–Crippen MR) is 115 cm³/mol. The molecule has 0 bridgehead atoms. The second-order valence-electron chi connectivity index (χ2n) is 9.55. The number of amides is 3. The average Bonchev–Trinajstić information content (AvgIpc) is 3.39. The lowest BCUT2D eigenvalue weighted by Crippen LogP contribution is -2.62. The molecule has 1 atom stereocenters. The summed E-state index contributed by atoms with van der Waals surface area (Å²) in [4.78, 5) is 42.2. The fourth-order valence-corrected chi connectivity index (χ4v) is 4.49. The predicted octanol–water partition coefficient (Wildman–Crippen LogP) is 0.869. The van der Waals surface area contributed by atoms with Crippen LogP contribution in [0.25, 0.3) is 0 Å². The van der Waals surface area contributed by atoms with Crippen molar-refractivity contribution < 1.29 is 23.9 Å². The second-order valence-corrected chi connectivity index (χ2v) is 9.55. The molecular weight excluding hydrogens is 414 g/mol. The Kier molecular flexibility index (Phi) is 6.02. The van der Waals surface area contributed by atoms with Crippen molar-refractivity contribution in [2.45, 2.75) is 57.9 Å². The minimum atomic E-state index is -1.08. The third-order valence-electron chi connectivity index (χ3n) is 6.84. The van der Waals surface area contributed by atoms with E-state index in [1.54, 1.807) is 18.9 Å². The number of nitrogens with one attached hydrogen (secondary N) is 1. The molecule has 2 fully saturated rings. The van der Waals surface area contributed by atoms with Crippen LogP contribution in [0.2, 0.25) is 0 Å². The van der Waals surface area contributed by atoms with Gasteiger partial charge in [-0.15, -0.1) is 0 Å². The normalized spacial score (nSPS) is 24.8. The second kappa shape index (κ2) is 8.47. The van der Waals surface area contributed by atoms with Gasteiger partial charge in [-0.2, -0.15) is 5.10 Å². The standard InChI is InChI=1S/C22H33N5O5/c1-15(2)5-8-23-20(30)21(3)14-27-17(19(29)25(21)4)13-16(24-27)18(28)26-9-6-22(7-10-26)31-11-12-32-22/h13,15H,5-12,14H2,1-4H3,(H,23,30). The van der Waals surface area contributed by atoms with E-state index >= 15 is 0 Å². The molecule has 0 radical (unpaired) electrons. The highest BCUT2D eigenvalue weighted by Crippen LogP contribution is 2.32. The molecule has 4 heterocycles. The van der Waals surface area contributed by atoms with Crippen LogP contribution >= 0.6 is 0 Å². The van der Waals surface area contributed by atoms with Gasteiger partial charge in [0.2, 0.25) is 5.91 Å². The van der Waals surface area contributed by atoms with Gasteiger partial charge in [0.1, 0.15) is 11.2 Å². The Morgan fingerprint density at radius 2 is 1.88 bits per heavy atom. The number of hydrogen-bond acceptors (Lipinski definition) is 6. The summed E-state index contributed by atoms with van der Waals surface area (Å²) in [6.07, 6.45) is 2.09. The zero-order valence-corrected chi connectivity index (χ0v) is 19.3. The van der Waals surface area contributed by atoms with Crippen molar-refractivity contribution in [1.82, 2.24) is 24.9 Å². The summed E-state index contributed by atoms with van der Waals surface area (Å²) in [7, 11) is 1.62. The van der Waals surface area contributed by atoms with Gasteiger partial charge in [0.05, 0.1) is 19.8 Å². The molecule has 32 heavy (non-hydrogen) atoms. The van der Waals surface area contributed by atoms with Crippen LogP contribution < -0.4 is 5.32 Å². The third kappa shape index (κ3) is 4.01. The highest BCUT2D eigenvalue weighted by molar-refractivity contribution is 6.01. The molecule has 3 aliphatic rings. The molecule has 1 N–H and O–H groups in total. The number of piperidine rings is 1. The molecule has 0 saturated carbocycles. The van der Waals surface area contributed by atoms with E-state index < -0.39 is 11.3 Å². The van der Waals surface area contributed by atoms with Crippen molar-refractivity contribution in [3.05, 3.63) is 17.5 Å². The van der Waals surface area contributed by atoms with E-state index in [9.17, 15) is 14.4 Å². The van der Waals surface area contributed by atoms with Crippen LogP contribution in [0, 0.1) is 5.92 Å². The van der Waals surface area contributed by atoms with E-state index in [-0.39, 0.29) is 30.0 Å². The Bertz CT molecular complexity index is 897. The largest absolute Gasteiger partial charge is 0.354 e. The maximum atomic E-state index is 13.1.